The summed E-state index contributed by atoms with van der Waals surface area (Å²) in [7, 11) is 4.36. The van der Waals surface area contributed by atoms with Gasteiger partial charge in [0.2, 0.25) is 11.7 Å². The number of amides is 2. The SMILES string of the molecule is COc1cc(C(=O)NCC(=O)NCCc2ccccc2F)cc(OC)c1OC. The maximum atomic E-state index is 13.5. The number of hydrogen-bond acceptors (Lipinski definition) is 5. The van der Waals surface area contributed by atoms with E-state index in [0.29, 0.717) is 29.2 Å². The highest BCUT2D eigenvalue weighted by Gasteiger charge is 2.17. The molecule has 0 saturated heterocycles. The number of ether oxygens (including phenoxy) is 3. The zero-order valence-electron chi connectivity index (χ0n) is 16.0. The first-order valence-electron chi connectivity index (χ1n) is 8.58. The van der Waals surface area contributed by atoms with Crippen LogP contribution >= 0.6 is 0 Å². The number of carbonyl (C=O) groups is 2. The molecule has 2 aromatic rings. The lowest BCUT2D eigenvalue weighted by molar-refractivity contribution is -0.120. The van der Waals surface area contributed by atoms with Crippen LogP contribution in [0.5, 0.6) is 17.2 Å². The molecular formula is C20H23FN2O5. The minimum Gasteiger partial charge on any atom is -0.493 e. The van der Waals surface area contributed by atoms with Crippen LogP contribution in [-0.4, -0.2) is 46.2 Å². The molecular weight excluding hydrogens is 367 g/mol. The van der Waals surface area contributed by atoms with E-state index < -0.39 is 5.91 Å². The third kappa shape index (κ3) is 5.35. The van der Waals surface area contributed by atoms with Gasteiger partial charge in [0.25, 0.3) is 5.91 Å². The molecule has 7 nitrogen and oxygen atoms in total. The van der Waals surface area contributed by atoms with Gasteiger partial charge in [-0.15, -0.1) is 0 Å². The molecule has 8 heteroatoms. The minimum atomic E-state index is -0.469. The highest BCUT2D eigenvalue weighted by atomic mass is 19.1. The van der Waals surface area contributed by atoms with Crippen LogP contribution in [0.25, 0.3) is 0 Å². The van der Waals surface area contributed by atoms with Gasteiger partial charge in [-0.2, -0.15) is 0 Å². The first kappa shape index (κ1) is 21.0. The van der Waals surface area contributed by atoms with Gasteiger partial charge in [0.15, 0.2) is 11.5 Å². The molecule has 0 saturated carbocycles. The van der Waals surface area contributed by atoms with Crippen molar-refractivity contribution in [1.82, 2.24) is 10.6 Å². The standard InChI is InChI=1S/C20H23FN2O5/c1-26-16-10-14(11-17(27-2)19(16)28-3)20(25)23-12-18(24)22-9-8-13-6-4-5-7-15(13)21/h4-7,10-11H,8-9,12H2,1-3H3,(H,22,24)(H,23,25). The zero-order valence-corrected chi connectivity index (χ0v) is 16.0. The summed E-state index contributed by atoms with van der Waals surface area (Å²) in [5, 5.41) is 5.16. The maximum Gasteiger partial charge on any atom is 0.251 e. The van der Waals surface area contributed by atoms with E-state index >= 15 is 0 Å². The first-order chi connectivity index (χ1) is 13.5. The Morgan fingerprint density at radius 1 is 0.964 bits per heavy atom. The Kier molecular flexibility index (Phi) is 7.62. The molecule has 2 aromatic carbocycles. The van der Waals surface area contributed by atoms with E-state index in [2.05, 4.69) is 10.6 Å². The van der Waals surface area contributed by atoms with Gasteiger partial charge in [-0.05, 0) is 30.2 Å². The van der Waals surface area contributed by atoms with Gasteiger partial charge in [0.1, 0.15) is 5.82 Å². The summed E-state index contributed by atoms with van der Waals surface area (Å²) in [6.45, 7) is 0.0482. The smallest absolute Gasteiger partial charge is 0.251 e. The van der Waals surface area contributed by atoms with Crippen LogP contribution in [0, 0.1) is 5.82 Å². The average molecular weight is 390 g/mol. The molecule has 0 radical (unpaired) electrons. The van der Waals surface area contributed by atoms with Crippen LogP contribution < -0.4 is 24.8 Å². The van der Waals surface area contributed by atoms with Gasteiger partial charge in [-0.3, -0.25) is 9.59 Å². The van der Waals surface area contributed by atoms with Crippen LogP contribution in [0.3, 0.4) is 0 Å². The zero-order chi connectivity index (χ0) is 20.5. The fourth-order valence-corrected chi connectivity index (χ4v) is 2.58. The Hall–Kier alpha value is -3.29. The Labute approximate surface area is 162 Å². The van der Waals surface area contributed by atoms with Crippen LogP contribution in [0.4, 0.5) is 4.39 Å². The van der Waals surface area contributed by atoms with E-state index in [4.69, 9.17) is 14.2 Å². The van der Waals surface area contributed by atoms with Gasteiger partial charge in [-0.25, -0.2) is 4.39 Å². The summed E-state index contributed by atoms with van der Waals surface area (Å²) in [6, 6.07) is 9.36. The van der Waals surface area contributed by atoms with E-state index in [-0.39, 0.29) is 30.4 Å². The fourth-order valence-electron chi connectivity index (χ4n) is 2.58. The van der Waals surface area contributed by atoms with Gasteiger partial charge >= 0.3 is 0 Å². The minimum absolute atomic E-state index is 0.216. The molecule has 0 aliphatic rings. The number of nitrogens with one attached hydrogen (secondary N) is 2. The highest BCUT2D eigenvalue weighted by molar-refractivity contribution is 5.97. The molecule has 0 aliphatic heterocycles. The van der Waals surface area contributed by atoms with Crippen molar-refractivity contribution in [1.29, 1.82) is 0 Å². The highest BCUT2D eigenvalue weighted by Crippen LogP contribution is 2.38. The topological polar surface area (TPSA) is 85.9 Å². The Morgan fingerprint density at radius 3 is 2.18 bits per heavy atom. The summed E-state index contributed by atoms with van der Waals surface area (Å²) in [5.41, 5.74) is 0.776. The molecule has 28 heavy (non-hydrogen) atoms. The second-order valence-corrected chi connectivity index (χ2v) is 5.79. The number of carbonyl (C=O) groups excluding carboxylic acids is 2. The van der Waals surface area contributed by atoms with Crippen molar-refractivity contribution < 1.29 is 28.2 Å². The van der Waals surface area contributed by atoms with Crippen molar-refractivity contribution in [2.75, 3.05) is 34.4 Å². The summed E-state index contributed by atoms with van der Waals surface area (Å²) in [6.07, 6.45) is 0.360. The number of hydrogen-bond donors (Lipinski definition) is 2. The van der Waals surface area contributed by atoms with Crippen LogP contribution in [0.2, 0.25) is 0 Å². The average Bonchev–Trinajstić information content (AvgIpc) is 2.72. The molecule has 2 N–H and O–H groups in total. The van der Waals surface area contributed by atoms with Crippen molar-refractivity contribution in [3.63, 3.8) is 0 Å². The quantitative estimate of drug-likeness (QED) is 0.684. The lowest BCUT2D eigenvalue weighted by Crippen LogP contribution is -2.37. The lowest BCUT2D eigenvalue weighted by atomic mass is 10.1. The van der Waals surface area contributed by atoms with Crippen LogP contribution in [0.15, 0.2) is 36.4 Å². The Balaban J connectivity index is 1.89. The molecule has 150 valence electrons. The van der Waals surface area contributed by atoms with E-state index in [1.165, 1.54) is 39.5 Å². The Bertz CT molecular complexity index is 816. The van der Waals surface area contributed by atoms with E-state index in [1.807, 2.05) is 0 Å². The van der Waals surface area contributed by atoms with Gasteiger partial charge in [0, 0.05) is 12.1 Å². The number of halogens is 1. The molecule has 0 spiro atoms. The summed E-state index contributed by atoms with van der Waals surface area (Å²) in [5.74, 6) is -0.122. The summed E-state index contributed by atoms with van der Waals surface area (Å²) >= 11 is 0. The predicted octanol–water partition coefficient (Wildman–Crippen LogP) is 1.94. The third-order valence-corrected chi connectivity index (χ3v) is 4.01. The van der Waals surface area contributed by atoms with Crippen molar-refractivity contribution in [3.05, 3.63) is 53.3 Å². The third-order valence-electron chi connectivity index (χ3n) is 4.01. The van der Waals surface area contributed by atoms with Crippen LogP contribution in [0.1, 0.15) is 15.9 Å². The summed E-state index contributed by atoms with van der Waals surface area (Å²) < 4.78 is 29.2. The second kappa shape index (κ2) is 10.1. The summed E-state index contributed by atoms with van der Waals surface area (Å²) in [4.78, 5) is 24.2. The largest absolute Gasteiger partial charge is 0.493 e. The molecule has 0 unspecified atom stereocenters. The molecule has 2 rings (SSSR count). The van der Waals surface area contributed by atoms with E-state index in [9.17, 15) is 14.0 Å². The van der Waals surface area contributed by atoms with Gasteiger partial charge in [-0.1, -0.05) is 18.2 Å². The normalized spacial score (nSPS) is 10.1. The fraction of sp³-hybridized carbons (Fsp3) is 0.300. The number of methoxy groups -OCH3 is 3. The lowest BCUT2D eigenvalue weighted by Gasteiger charge is -2.14. The number of rotatable bonds is 9. The molecule has 0 aliphatic carbocycles. The molecule has 2 amide bonds. The van der Waals surface area contributed by atoms with Crippen LogP contribution in [-0.2, 0) is 11.2 Å². The maximum absolute atomic E-state index is 13.5. The molecule has 0 fully saturated rings. The van der Waals surface area contributed by atoms with Crippen molar-refractivity contribution >= 4 is 11.8 Å². The molecule has 0 heterocycles. The number of benzene rings is 2. The predicted molar refractivity (Wildman–Crippen MR) is 102 cm³/mol. The molecule has 0 aromatic heterocycles. The van der Waals surface area contributed by atoms with E-state index in [1.54, 1.807) is 18.2 Å². The monoisotopic (exact) mass is 390 g/mol. The van der Waals surface area contributed by atoms with Gasteiger partial charge in [0.05, 0.1) is 27.9 Å². The van der Waals surface area contributed by atoms with Crippen molar-refractivity contribution in [3.8, 4) is 17.2 Å². The van der Waals surface area contributed by atoms with Gasteiger partial charge < -0.3 is 24.8 Å². The van der Waals surface area contributed by atoms with Crippen molar-refractivity contribution in [2.45, 2.75) is 6.42 Å². The Morgan fingerprint density at radius 2 is 1.61 bits per heavy atom. The second-order valence-electron chi connectivity index (χ2n) is 5.79. The van der Waals surface area contributed by atoms with Crippen molar-refractivity contribution in [2.24, 2.45) is 0 Å². The molecule has 0 bridgehead atoms. The first-order valence-corrected chi connectivity index (χ1v) is 8.58. The molecule has 0 atom stereocenters. The van der Waals surface area contributed by atoms with E-state index in [0.717, 1.165) is 0 Å².